The first-order valence-corrected chi connectivity index (χ1v) is 15.4. The van der Waals surface area contributed by atoms with Crippen molar-refractivity contribution in [2.24, 2.45) is 0 Å². The van der Waals surface area contributed by atoms with Crippen molar-refractivity contribution in [3.8, 4) is 39.9 Å². The fraction of sp³-hybridized carbons (Fsp3) is 0.278. The summed E-state index contributed by atoms with van der Waals surface area (Å²) in [6.45, 7) is 3.61. The van der Waals surface area contributed by atoms with E-state index in [2.05, 4.69) is 25.3 Å². The van der Waals surface area contributed by atoms with Crippen LogP contribution in [0.1, 0.15) is 43.2 Å². The van der Waals surface area contributed by atoms with Gasteiger partial charge in [0.25, 0.3) is 0 Å². The van der Waals surface area contributed by atoms with Gasteiger partial charge in [-0.05, 0) is 98.3 Å². The van der Waals surface area contributed by atoms with Crippen LogP contribution in [0.15, 0.2) is 97.6 Å². The Hall–Kier alpha value is -5.18. The number of ether oxygens (including phenoxy) is 2. The maximum absolute atomic E-state index is 12.1. The van der Waals surface area contributed by atoms with Crippen molar-refractivity contribution in [2.75, 3.05) is 19.8 Å². The van der Waals surface area contributed by atoms with Crippen LogP contribution >= 0.6 is 0 Å². The Labute approximate surface area is 264 Å². The highest BCUT2D eigenvalue weighted by Gasteiger charge is 2.08. The fourth-order valence-corrected chi connectivity index (χ4v) is 4.77. The number of hydrogen-bond donors (Lipinski definition) is 1. The SMILES string of the molecule is Cc1ccnc(-c2cc(CCCOC(=O)NCCCCCCOc3ccnc(-c4cccc(-c5ccccn5)n4)c3)ccn2)c1. The van der Waals surface area contributed by atoms with Crippen LogP contribution in [-0.4, -0.2) is 50.8 Å². The van der Waals surface area contributed by atoms with E-state index in [1.54, 1.807) is 24.8 Å². The lowest BCUT2D eigenvalue weighted by Gasteiger charge is -2.09. The molecule has 1 amide bonds. The third-order valence-electron chi connectivity index (χ3n) is 7.12. The van der Waals surface area contributed by atoms with E-state index in [-0.39, 0.29) is 6.09 Å². The van der Waals surface area contributed by atoms with Crippen LogP contribution in [0, 0.1) is 6.92 Å². The number of unbranched alkanes of at least 4 members (excludes halogenated alkanes) is 3. The van der Waals surface area contributed by atoms with Crippen molar-refractivity contribution in [3.63, 3.8) is 0 Å². The number of aromatic nitrogens is 5. The Kier molecular flexibility index (Phi) is 11.5. The van der Waals surface area contributed by atoms with E-state index in [0.29, 0.717) is 19.8 Å². The molecule has 0 fully saturated rings. The van der Waals surface area contributed by atoms with Crippen molar-refractivity contribution >= 4 is 6.09 Å². The lowest BCUT2D eigenvalue weighted by Crippen LogP contribution is -2.25. The molecule has 0 aromatic carbocycles. The van der Waals surface area contributed by atoms with Gasteiger partial charge < -0.3 is 14.8 Å². The molecule has 0 radical (unpaired) electrons. The highest BCUT2D eigenvalue weighted by Crippen LogP contribution is 2.23. The maximum Gasteiger partial charge on any atom is 0.407 e. The molecule has 5 aromatic rings. The zero-order chi connectivity index (χ0) is 31.1. The van der Waals surface area contributed by atoms with Crippen molar-refractivity contribution in [1.29, 1.82) is 0 Å². The third-order valence-corrected chi connectivity index (χ3v) is 7.12. The van der Waals surface area contributed by atoms with Gasteiger partial charge in [0, 0.05) is 37.4 Å². The molecule has 5 heterocycles. The molecule has 1 N–H and O–H groups in total. The number of aryl methyl sites for hydroxylation is 2. The van der Waals surface area contributed by atoms with Crippen LogP contribution in [0.5, 0.6) is 5.75 Å². The first-order valence-electron chi connectivity index (χ1n) is 15.4. The summed E-state index contributed by atoms with van der Waals surface area (Å²) in [5.41, 5.74) is 7.15. The van der Waals surface area contributed by atoms with Crippen molar-refractivity contribution < 1.29 is 14.3 Å². The molecule has 0 aliphatic rings. The molecule has 5 aromatic heterocycles. The highest BCUT2D eigenvalue weighted by molar-refractivity contribution is 5.67. The van der Waals surface area contributed by atoms with Gasteiger partial charge in [0.05, 0.1) is 47.4 Å². The number of carbonyl (C=O) groups excluding carboxylic acids is 1. The fourth-order valence-electron chi connectivity index (χ4n) is 4.77. The normalized spacial score (nSPS) is 10.8. The van der Waals surface area contributed by atoms with E-state index < -0.39 is 0 Å². The zero-order valence-electron chi connectivity index (χ0n) is 25.6. The molecule has 0 unspecified atom stereocenters. The van der Waals surface area contributed by atoms with Gasteiger partial charge in [-0.15, -0.1) is 0 Å². The number of hydrogen-bond acceptors (Lipinski definition) is 8. The summed E-state index contributed by atoms with van der Waals surface area (Å²) in [6, 6.07) is 23.4. The lowest BCUT2D eigenvalue weighted by molar-refractivity contribution is 0.144. The second kappa shape index (κ2) is 16.6. The Morgan fingerprint density at radius 3 is 2.18 bits per heavy atom. The summed E-state index contributed by atoms with van der Waals surface area (Å²) in [4.78, 5) is 34.5. The summed E-state index contributed by atoms with van der Waals surface area (Å²) in [5.74, 6) is 0.766. The summed E-state index contributed by atoms with van der Waals surface area (Å²) in [5, 5.41) is 2.84. The number of amides is 1. The monoisotopic (exact) mass is 602 g/mol. The van der Waals surface area contributed by atoms with Gasteiger partial charge in [-0.1, -0.05) is 25.0 Å². The molecule has 0 saturated carbocycles. The van der Waals surface area contributed by atoms with Crippen LogP contribution < -0.4 is 10.1 Å². The van der Waals surface area contributed by atoms with Crippen LogP contribution in [0.3, 0.4) is 0 Å². The van der Waals surface area contributed by atoms with Gasteiger partial charge in [-0.2, -0.15) is 0 Å². The van der Waals surface area contributed by atoms with E-state index in [9.17, 15) is 4.79 Å². The molecule has 5 rings (SSSR count). The minimum Gasteiger partial charge on any atom is -0.493 e. The topological polar surface area (TPSA) is 112 Å². The summed E-state index contributed by atoms with van der Waals surface area (Å²) < 4.78 is 11.3. The second-order valence-corrected chi connectivity index (χ2v) is 10.7. The van der Waals surface area contributed by atoms with Crippen LogP contribution in [0.4, 0.5) is 4.79 Å². The maximum atomic E-state index is 12.1. The number of nitrogens with zero attached hydrogens (tertiary/aromatic N) is 5. The van der Waals surface area contributed by atoms with Gasteiger partial charge in [0.1, 0.15) is 5.75 Å². The first-order chi connectivity index (χ1) is 22.1. The Balaban J connectivity index is 0.924. The number of rotatable bonds is 15. The van der Waals surface area contributed by atoms with Gasteiger partial charge >= 0.3 is 6.09 Å². The molecular weight excluding hydrogens is 564 g/mol. The van der Waals surface area contributed by atoms with E-state index >= 15 is 0 Å². The average Bonchev–Trinajstić information content (AvgIpc) is 3.08. The highest BCUT2D eigenvalue weighted by atomic mass is 16.5. The molecule has 0 bridgehead atoms. The molecule has 9 heteroatoms. The van der Waals surface area contributed by atoms with E-state index in [1.165, 1.54) is 0 Å². The number of carbonyl (C=O) groups is 1. The van der Waals surface area contributed by atoms with Crippen LogP contribution in [0.25, 0.3) is 34.2 Å². The molecular formula is C36H38N6O3. The number of pyridine rings is 5. The van der Waals surface area contributed by atoms with E-state index in [1.807, 2.05) is 79.7 Å². The molecule has 0 aliphatic heterocycles. The van der Waals surface area contributed by atoms with E-state index in [4.69, 9.17) is 14.5 Å². The lowest BCUT2D eigenvalue weighted by atomic mass is 10.1. The predicted molar refractivity (Wildman–Crippen MR) is 175 cm³/mol. The van der Waals surface area contributed by atoms with Gasteiger partial charge in [-0.25, -0.2) is 9.78 Å². The Morgan fingerprint density at radius 1 is 0.644 bits per heavy atom. The largest absolute Gasteiger partial charge is 0.493 e. The third kappa shape index (κ3) is 9.92. The summed E-state index contributed by atoms with van der Waals surface area (Å²) in [6.07, 6.45) is 12.1. The van der Waals surface area contributed by atoms with Crippen LogP contribution in [0.2, 0.25) is 0 Å². The van der Waals surface area contributed by atoms with Crippen molar-refractivity contribution in [1.82, 2.24) is 30.2 Å². The summed E-state index contributed by atoms with van der Waals surface area (Å²) in [7, 11) is 0. The van der Waals surface area contributed by atoms with Gasteiger partial charge in [-0.3, -0.25) is 19.9 Å². The minimum absolute atomic E-state index is 0.367. The standard InChI is InChI=1S/C36H38N6O3/c1-27-14-19-38-33(24-27)34-25-28(15-20-39-34)10-9-23-45-36(43)41-18-5-2-3-7-22-44-29-16-21-40-35(26-29)32-13-8-12-31(42-32)30-11-4-6-17-37-30/h4,6,8,11-17,19-21,24-26H,2-3,5,7,9-10,18,22-23H2,1H3,(H,41,43). The van der Waals surface area contributed by atoms with Gasteiger partial charge in [0.2, 0.25) is 0 Å². The van der Waals surface area contributed by atoms with E-state index in [0.717, 1.165) is 89.6 Å². The Bertz CT molecular complexity index is 1660. The molecule has 230 valence electrons. The van der Waals surface area contributed by atoms with Gasteiger partial charge in [0.15, 0.2) is 0 Å². The second-order valence-electron chi connectivity index (χ2n) is 10.7. The molecule has 0 saturated heterocycles. The quantitative estimate of drug-likeness (QED) is 0.125. The molecule has 0 atom stereocenters. The van der Waals surface area contributed by atoms with Crippen LogP contribution in [-0.2, 0) is 11.2 Å². The van der Waals surface area contributed by atoms with Crippen molar-refractivity contribution in [2.45, 2.75) is 45.4 Å². The average molecular weight is 603 g/mol. The zero-order valence-corrected chi connectivity index (χ0v) is 25.6. The Morgan fingerprint density at radius 2 is 1.36 bits per heavy atom. The predicted octanol–water partition coefficient (Wildman–Crippen LogP) is 7.27. The molecule has 0 aliphatic carbocycles. The molecule has 9 nitrogen and oxygen atoms in total. The summed E-state index contributed by atoms with van der Waals surface area (Å²) >= 11 is 0. The first kappa shape index (κ1) is 31.3. The van der Waals surface area contributed by atoms with Crippen molar-refractivity contribution in [3.05, 3.63) is 109 Å². The molecule has 45 heavy (non-hydrogen) atoms. The number of alkyl carbamates (subject to hydrolysis) is 1. The minimum atomic E-state index is -0.369. The smallest absolute Gasteiger partial charge is 0.407 e. The number of nitrogens with one attached hydrogen (secondary N) is 1. The molecule has 0 spiro atoms.